The molecule has 1 aliphatic heterocycles. The Kier molecular flexibility index (Phi) is 8.43. The van der Waals surface area contributed by atoms with Crippen LogP contribution in [-0.2, 0) is 26.1 Å². The highest BCUT2D eigenvalue weighted by molar-refractivity contribution is 7.93. The number of rotatable bonds is 11. The molecule has 0 N–H and O–H groups in total. The molecule has 9 heteroatoms. The number of epoxide rings is 1. The lowest BCUT2D eigenvalue weighted by Gasteiger charge is -2.28. The number of nitrogens with zero attached hydrogens (tertiary/aromatic N) is 1. The second-order valence-corrected chi connectivity index (χ2v) is 11.0. The van der Waals surface area contributed by atoms with Crippen LogP contribution in [0, 0.1) is 0 Å². The number of anilines is 1. The van der Waals surface area contributed by atoms with Crippen molar-refractivity contribution in [2.45, 2.75) is 58.8 Å². The molecule has 0 bridgehead atoms. The van der Waals surface area contributed by atoms with Crippen LogP contribution in [0.1, 0.15) is 46.1 Å². The minimum atomic E-state index is -4.05. The molecule has 3 rings (SSSR count). The topological polar surface area (TPSA) is 94.7 Å². The van der Waals surface area contributed by atoms with Gasteiger partial charge in [0, 0.05) is 6.07 Å². The standard InChI is InChI=1S/C25H33NO7S/c1-5-6-14-34(28,29)26(24(27)33-25(2,3)4)22-15-20(30-17-21-18-31-21)12-13-23(22)32-16-19-10-8-7-9-11-19/h7-13,15,21H,5-6,14,16-18H2,1-4H3. The number of benzene rings is 2. The van der Waals surface area contributed by atoms with Crippen LogP contribution in [0.3, 0.4) is 0 Å². The van der Waals surface area contributed by atoms with E-state index in [4.69, 9.17) is 18.9 Å². The minimum Gasteiger partial charge on any atom is -0.491 e. The van der Waals surface area contributed by atoms with E-state index in [0.717, 1.165) is 5.56 Å². The first kappa shape index (κ1) is 25.8. The Bertz CT molecular complexity index is 1060. The number of sulfonamides is 1. The molecule has 34 heavy (non-hydrogen) atoms. The molecule has 0 saturated carbocycles. The number of carbonyl (C=O) groups is 1. The molecular weight excluding hydrogens is 458 g/mol. The van der Waals surface area contributed by atoms with Gasteiger partial charge >= 0.3 is 6.09 Å². The third kappa shape index (κ3) is 7.63. The maximum atomic E-state index is 13.3. The summed E-state index contributed by atoms with van der Waals surface area (Å²) in [5.74, 6) is 0.420. The Morgan fingerprint density at radius 3 is 2.44 bits per heavy atom. The normalized spacial score (nSPS) is 15.5. The van der Waals surface area contributed by atoms with Gasteiger partial charge in [-0.2, -0.15) is 4.31 Å². The van der Waals surface area contributed by atoms with Crippen molar-refractivity contribution < 1.29 is 32.2 Å². The minimum absolute atomic E-state index is 0.0210. The van der Waals surface area contributed by atoms with Crippen molar-refractivity contribution in [3.8, 4) is 11.5 Å². The van der Waals surface area contributed by atoms with Gasteiger partial charge in [0.15, 0.2) is 0 Å². The fourth-order valence-electron chi connectivity index (χ4n) is 3.04. The van der Waals surface area contributed by atoms with E-state index in [0.29, 0.717) is 36.1 Å². The molecule has 1 saturated heterocycles. The maximum Gasteiger partial charge on any atom is 0.429 e. The molecule has 8 nitrogen and oxygen atoms in total. The lowest BCUT2D eigenvalue weighted by molar-refractivity contribution is 0.0608. The number of carbonyl (C=O) groups excluding carboxylic acids is 1. The molecule has 1 unspecified atom stereocenters. The van der Waals surface area contributed by atoms with E-state index in [1.54, 1.807) is 32.9 Å². The Hall–Kier alpha value is -2.78. The van der Waals surface area contributed by atoms with Crippen LogP contribution < -0.4 is 13.8 Å². The molecule has 1 heterocycles. The lowest BCUT2D eigenvalue weighted by Crippen LogP contribution is -2.42. The third-order valence-corrected chi connectivity index (χ3v) is 6.52. The second kappa shape index (κ2) is 11.1. The lowest BCUT2D eigenvalue weighted by atomic mass is 10.2. The van der Waals surface area contributed by atoms with Crippen LogP contribution in [0.4, 0.5) is 10.5 Å². The van der Waals surface area contributed by atoms with Crippen molar-refractivity contribution in [1.29, 1.82) is 0 Å². The van der Waals surface area contributed by atoms with E-state index in [1.807, 2.05) is 37.3 Å². The number of amides is 1. The van der Waals surface area contributed by atoms with Crippen LogP contribution in [0.5, 0.6) is 11.5 Å². The van der Waals surface area contributed by atoms with Gasteiger partial charge in [-0.15, -0.1) is 0 Å². The van der Waals surface area contributed by atoms with Crippen molar-refractivity contribution in [1.82, 2.24) is 0 Å². The highest BCUT2D eigenvalue weighted by atomic mass is 32.2. The van der Waals surface area contributed by atoms with Crippen LogP contribution in [0.25, 0.3) is 0 Å². The van der Waals surface area contributed by atoms with Crippen molar-refractivity contribution in [2.75, 3.05) is 23.3 Å². The highest BCUT2D eigenvalue weighted by Crippen LogP contribution is 2.36. The van der Waals surface area contributed by atoms with E-state index in [1.165, 1.54) is 6.07 Å². The SMILES string of the molecule is CCCCS(=O)(=O)N(C(=O)OC(C)(C)C)c1cc(OCC2CO2)ccc1OCc1ccccc1. The molecule has 2 aromatic carbocycles. The number of hydrogen-bond donors (Lipinski definition) is 0. The first-order valence-electron chi connectivity index (χ1n) is 11.4. The maximum absolute atomic E-state index is 13.3. The van der Waals surface area contributed by atoms with Crippen molar-refractivity contribution in [3.05, 3.63) is 54.1 Å². The van der Waals surface area contributed by atoms with E-state index >= 15 is 0 Å². The fourth-order valence-corrected chi connectivity index (χ4v) is 4.58. The van der Waals surface area contributed by atoms with Gasteiger partial charge in [0.2, 0.25) is 10.0 Å². The Balaban J connectivity index is 2.00. The summed E-state index contributed by atoms with van der Waals surface area (Å²) in [7, 11) is -4.05. The van der Waals surface area contributed by atoms with Gasteiger partial charge < -0.3 is 18.9 Å². The molecule has 0 aliphatic carbocycles. The summed E-state index contributed by atoms with van der Waals surface area (Å²) >= 11 is 0. The molecule has 186 valence electrons. The van der Waals surface area contributed by atoms with E-state index < -0.39 is 21.7 Å². The van der Waals surface area contributed by atoms with Crippen molar-refractivity contribution >= 4 is 21.8 Å². The summed E-state index contributed by atoms with van der Waals surface area (Å²) < 4.78 is 49.8. The Labute approximate surface area is 201 Å². The van der Waals surface area contributed by atoms with Crippen LogP contribution >= 0.6 is 0 Å². The smallest absolute Gasteiger partial charge is 0.429 e. The van der Waals surface area contributed by atoms with Crippen LogP contribution in [0.2, 0.25) is 0 Å². The monoisotopic (exact) mass is 491 g/mol. The summed E-state index contributed by atoms with van der Waals surface area (Å²) in [6.45, 7) is 8.09. The summed E-state index contributed by atoms with van der Waals surface area (Å²) in [6, 6.07) is 14.3. The predicted molar refractivity (Wildman–Crippen MR) is 130 cm³/mol. The van der Waals surface area contributed by atoms with Gasteiger partial charge in [-0.1, -0.05) is 43.7 Å². The highest BCUT2D eigenvalue weighted by Gasteiger charge is 2.35. The molecular formula is C25H33NO7S. The molecule has 1 amide bonds. The van der Waals surface area contributed by atoms with Gasteiger partial charge in [-0.3, -0.25) is 0 Å². The summed E-state index contributed by atoms with van der Waals surface area (Å²) in [4.78, 5) is 13.2. The van der Waals surface area contributed by atoms with Gasteiger partial charge in [0.1, 0.15) is 42.1 Å². The second-order valence-electron chi connectivity index (χ2n) is 9.08. The third-order valence-electron chi connectivity index (χ3n) is 4.82. The Morgan fingerprint density at radius 2 is 1.82 bits per heavy atom. The Morgan fingerprint density at radius 1 is 1.12 bits per heavy atom. The quantitative estimate of drug-likeness (QED) is 0.412. The average molecular weight is 492 g/mol. The molecule has 0 aromatic heterocycles. The zero-order chi connectivity index (χ0) is 24.8. The zero-order valence-electron chi connectivity index (χ0n) is 20.2. The van der Waals surface area contributed by atoms with Gasteiger partial charge in [0.25, 0.3) is 0 Å². The molecule has 0 radical (unpaired) electrons. The average Bonchev–Trinajstić information content (AvgIpc) is 3.59. The molecule has 2 aromatic rings. The van der Waals surface area contributed by atoms with Gasteiger partial charge in [-0.25, -0.2) is 13.2 Å². The largest absolute Gasteiger partial charge is 0.491 e. The number of hydrogen-bond acceptors (Lipinski definition) is 7. The van der Waals surface area contributed by atoms with E-state index in [9.17, 15) is 13.2 Å². The first-order valence-corrected chi connectivity index (χ1v) is 13.0. The number of ether oxygens (including phenoxy) is 4. The molecule has 0 spiro atoms. The van der Waals surface area contributed by atoms with Crippen LogP contribution in [-0.4, -0.2) is 45.2 Å². The molecule has 1 atom stereocenters. The first-order chi connectivity index (χ1) is 16.1. The van der Waals surface area contributed by atoms with Crippen LogP contribution in [0.15, 0.2) is 48.5 Å². The van der Waals surface area contributed by atoms with Crippen molar-refractivity contribution in [3.63, 3.8) is 0 Å². The molecule has 1 aliphatic rings. The summed E-state index contributed by atoms with van der Waals surface area (Å²) in [5, 5.41) is 0. The summed E-state index contributed by atoms with van der Waals surface area (Å²) in [6.07, 6.45) is 0.0870. The fraction of sp³-hybridized carbons (Fsp3) is 0.480. The predicted octanol–water partition coefficient (Wildman–Crippen LogP) is 4.91. The van der Waals surface area contributed by atoms with Gasteiger partial charge in [0.05, 0.1) is 12.4 Å². The van der Waals surface area contributed by atoms with Gasteiger partial charge in [-0.05, 0) is 44.9 Å². The van der Waals surface area contributed by atoms with E-state index in [2.05, 4.69) is 0 Å². The summed E-state index contributed by atoms with van der Waals surface area (Å²) in [5.41, 5.74) is 0.0609. The number of unbranched alkanes of at least 4 members (excludes halogenated alkanes) is 1. The van der Waals surface area contributed by atoms with Crippen molar-refractivity contribution in [2.24, 2.45) is 0 Å². The van der Waals surface area contributed by atoms with E-state index in [-0.39, 0.29) is 29.9 Å². The zero-order valence-corrected chi connectivity index (χ0v) is 21.0. The molecule has 1 fully saturated rings.